The number of benzene rings is 2. The summed E-state index contributed by atoms with van der Waals surface area (Å²) < 4.78 is 43.9. The molecule has 55 heavy (non-hydrogen) atoms. The first-order valence-electron chi connectivity index (χ1n) is 17.4. The summed E-state index contributed by atoms with van der Waals surface area (Å²) in [4.78, 5) is 50.7. The number of thiophene rings is 2. The summed E-state index contributed by atoms with van der Waals surface area (Å²) in [7, 11) is 0. The highest BCUT2D eigenvalue weighted by Crippen LogP contribution is 2.54. The largest absolute Gasteiger partial charge is 0.486 e. The highest BCUT2D eigenvalue weighted by molar-refractivity contribution is 7.14. The van der Waals surface area contributed by atoms with Crippen molar-refractivity contribution in [3.05, 3.63) is 89.2 Å². The minimum absolute atomic E-state index is 0.0263. The first kappa shape index (κ1) is 39.3. The van der Waals surface area contributed by atoms with Crippen molar-refractivity contribution in [2.24, 2.45) is 5.92 Å². The molecule has 0 atom stereocenters. The van der Waals surface area contributed by atoms with Crippen molar-refractivity contribution in [3.8, 4) is 38.1 Å². The van der Waals surface area contributed by atoms with Crippen LogP contribution in [0.3, 0.4) is 0 Å². The zero-order valence-electron chi connectivity index (χ0n) is 30.2. The molecule has 286 valence electrons. The predicted molar refractivity (Wildman–Crippen MR) is 210 cm³/mol. The van der Waals surface area contributed by atoms with E-state index in [1.165, 1.54) is 18.3 Å². The molecule has 0 amide bonds. The van der Waals surface area contributed by atoms with E-state index in [0.29, 0.717) is 54.0 Å². The number of carbonyl (C=O) groups excluding carboxylic acids is 4. The number of fused-ring (bicyclic) bond motifs is 1. The van der Waals surface area contributed by atoms with Crippen molar-refractivity contribution in [1.82, 2.24) is 8.75 Å². The smallest absolute Gasteiger partial charge is 0.338 e. The van der Waals surface area contributed by atoms with Crippen LogP contribution in [-0.2, 0) is 33.3 Å². The lowest BCUT2D eigenvalue weighted by molar-refractivity contribution is -0.154. The van der Waals surface area contributed by atoms with Crippen molar-refractivity contribution in [1.29, 1.82) is 0 Å². The van der Waals surface area contributed by atoms with Gasteiger partial charge in [0.2, 0.25) is 0 Å². The molecule has 0 aliphatic heterocycles. The molecule has 1 saturated carbocycles. The minimum Gasteiger partial charge on any atom is -0.486 e. The molecule has 6 rings (SSSR count). The Kier molecular flexibility index (Phi) is 13.1. The van der Waals surface area contributed by atoms with E-state index in [-0.39, 0.29) is 61.1 Å². The summed E-state index contributed by atoms with van der Waals surface area (Å²) in [6.45, 7) is 9.91. The first-order valence-corrected chi connectivity index (χ1v) is 19.9. The average Bonchev–Trinajstić information content (AvgIpc) is 4.00. The zero-order valence-corrected chi connectivity index (χ0v) is 32.7. The fraction of sp³-hybridized carbons (Fsp3) is 0.300. The maximum Gasteiger partial charge on any atom is 0.338 e. The summed E-state index contributed by atoms with van der Waals surface area (Å²) >= 11 is 4.19. The molecule has 1 fully saturated rings. The Bertz CT molecular complexity index is 2170. The number of ether oxygens (including phenoxy) is 6. The third-order valence-electron chi connectivity index (χ3n) is 8.57. The zero-order chi connectivity index (χ0) is 38.9. The van der Waals surface area contributed by atoms with Gasteiger partial charge in [0, 0.05) is 20.9 Å². The summed E-state index contributed by atoms with van der Waals surface area (Å²) in [5.74, 6) is -0.912. The predicted octanol–water partition coefficient (Wildman–Crippen LogP) is 8.82. The number of rotatable bonds is 16. The molecule has 3 heterocycles. The summed E-state index contributed by atoms with van der Waals surface area (Å²) in [6.07, 6.45) is 2.00. The Balaban J connectivity index is 1.25. The monoisotopic (exact) mass is 802 g/mol. The van der Waals surface area contributed by atoms with Gasteiger partial charge in [0.05, 0.1) is 40.4 Å². The van der Waals surface area contributed by atoms with Crippen molar-refractivity contribution in [2.75, 3.05) is 26.4 Å². The summed E-state index contributed by atoms with van der Waals surface area (Å²) in [5.41, 5.74) is 3.67. The van der Waals surface area contributed by atoms with Crippen LogP contribution in [0.15, 0.2) is 83.6 Å². The van der Waals surface area contributed by atoms with Crippen molar-refractivity contribution < 1.29 is 47.6 Å². The molecule has 5 aromatic rings. The fourth-order valence-electron chi connectivity index (χ4n) is 5.82. The lowest BCUT2D eigenvalue weighted by Gasteiger charge is -2.29. The molecule has 0 spiro atoms. The Labute approximate surface area is 329 Å². The molecule has 12 nitrogen and oxygen atoms in total. The van der Waals surface area contributed by atoms with Crippen LogP contribution in [-0.4, -0.2) is 65.2 Å². The van der Waals surface area contributed by atoms with Crippen molar-refractivity contribution in [3.63, 3.8) is 0 Å². The second kappa shape index (κ2) is 18.3. The fourth-order valence-corrected chi connectivity index (χ4v) is 7.92. The SMILES string of the molecule is C=C(C)C(=O)OCCOC(=O)c1ccc(Oc2c(OC3CCC(C(=O)OCCOC(=O)C(=C)C)CC3)c(-c3cccs3)c3nsnc3c2-c2cccs2)cc1. The second-order valence-electron chi connectivity index (χ2n) is 12.7. The molecule has 0 unspecified atom stereocenters. The number of hydrogen-bond donors (Lipinski definition) is 0. The Morgan fingerprint density at radius 1 is 0.691 bits per heavy atom. The molecule has 0 saturated heterocycles. The molecular weight excluding hydrogens is 765 g/mol. The third-order valence-corrected chi connectivity index (χ3v) is 10.9. The van der Waals surface area contributed by atoms with Gasteiger partial charge in [0.1, 0.15) is 43.2 Å². The molecule has 0 N–H and O–H groups in total. The van der Waals surface area contributed by atoms with Crippen molar-refractivity contribution in [2.45, 2.75) is 45.6 Å². The third kappa shape index (κ3) is 9.65. The van der Waals surface area contributed by atoms with Crippen LogP contribution in [0.25, 0.3) is 31.9 Å². The maximum atomic E-state index is 12.9. The van der Waals surface area contributed by atoms with E-state index < -0.39 is 17.9 Å². The van der Waals surface area contributed by atoms with Gasteiger partial charge in [-0.05, 0) is 86.7 Å². The highest BCUT2D eigenvalue weighted by Gasteiger charge is 2.33. The van der Waals surface area contributed by atoms with Crippen LogP contribution < -0.4 is 9.47 Å². The highest BCUT2D eigenvalue weighted by atomic mass is 32.1. The van der Waals surface area contributed by atoms with Gasteiger partial charge in [0.15, 0.2) is 11.5 Å². The standard InChI is InChI=1S/C40H38N2O10S3/c1-23(2)37(43)47-17-19-49-39(45)25-9-13-27(14-10-25)51-35-31(29-7-5-21-53-29)33-34(42-55-41-33)32(30-8-6-22-54-30)36(35)52-28-15-11-26(12-16-28)40(46)50-20-18-48-38(44)24(3)4/h5-10,13-14,21-22,26,28H,1,3,11-12,15-20H2,2,4H3. The Morgan fingerprint density at radius 3 is 1.75 bits per heavy atom. The van der Waals surface area contributed by atoms with E-state index >= 15 is 0 Å². The molecule has 15 heteroatoms. The molecule has 1 aliphatic carbocycles. The van der Waals surface area contributed by atoms with Crippen LogP contribution in [0, 0.1) is 5.92 Å². The van der Waals surface area contributed by atoms with Gasteiger partial charge in [-0.25, -0.2) is 14.4 Å². The molecule has 1 aliphatic rings. The lowest BCUT2D eigenvalue weighted by Crippen LogP contribution is -2.30. The first-order chi connectivity index (χ1) is 26.6. The van der Waals surface area contributed by atoms with E-state index in [1.54, 1.807) is 42.5 Å². The van der Waals surface area contributed by atoms with Crippen LogP contribution in [0.2, 0.25) is 0 Å². The summed E-state index contributed by atoms with van der Waals surface area (Å²) in [5, 5.41) is 3.96. The number of aromatic nitrogens is 2. The maximum absolute atomic E-state index is 12.9. The van der Waals surface area contributed by atoms with E-state index in [0.717, 1.165) is 32.6 Å². The van der Waals surface area contributed by atoms with Gasteiger partial charge in [-0.1, -0.05) is 25.3 Å². The lowest BCUT2D eigenvalue weighted by atomic mass is 9.87. The minimum atomic E-state index is -0.582. The van der Waals surface area contributed by atoms with Crippen LogP contribution in [0.1, 0.15) is 49.9 Å². The van der Waals surface area contributed by atoms with E-state index in [1.807, 2.05) is 35.0 Å². The van der Waals surface area contributed by atoms with Gasteiger partial charge < -0.3 is 28.4 Å². The Morgan fingerprint density at radius 2 is 1.22 bits per heavy atom. The average molecular weight is 803 g/mol. The van der Waals surface area contributed by atoms with E-state index in [4.69, 9.17) is 37.2 Å². The van der Waals surface area contributed by atoms with Gasteiger partial charge in [-0.3, -0.25) is 4.79 Å². The van der Waals surface area contributed by atoms with Crippen LogP contribution >= 0.6 is 34.4 Å². The van der Waals surface area contributed by atoms with E-state index in [2.05, 4.69) is 13.2 Å². The van der Waals surface area contributed by atoms with Crippen LogP contribution in [0.5, 0.6) is 17.2 Å². The number of carbonyl (C=O) groups is 4. The van der Waals surface area contributed by atoms with Gasteiger partial charge >= 0.3 is 23.9 Å². The summed E-state index contributed by atoms with van der Waals surface area (Å²) in [6, 6.07) is 14.4. The normalized spacial score (nSPS) is 15.2. The molecule has 3 aromatic heterocycles. The van der Waals surface area contributed by atoms with E-state index in [9.17, 15) is 19.2 Å². The second-order valence-corrected chi connectivity index (χ2v) is 15.1. The van der Waals surface area contributed by atoms with Gasteiger partial charge in [-0.2, -0.15) is 8.75 Å². The van der Waals surface area contributed by atoms with Gasteiger partial charge in [-0.15, -0.1) is 22.7 Å². The Hall–Kier alpha value is -5.38. The molecular formula is C40H38N2O10S3. The topological polar surface area (TPSA) is 149 Å². The quantitative estimate of drug-likeness (QED) is 0.0406. The molecule has 0 radical (unpaired) electrons. The van der Waals surface area contributed by atoms with Crippen molar-refractivity contribution >= 4 is 69.3 Å². The molecule has 2 aromatic carbocycles. The number of nitrogens with zero attached hydrogens (tertiary/aromatic N) is 2. The van der Waals surface area contributed by atoms with Crippen LogP contribution in [0.4, 0.5) is 0 Å². The van der Waals surface area contributed by atoms with Gasteiger partial charge in [0.25, 0.3) is 0 Å². The number of hydrogen-bond acceptors (Lipinski definition) is 15. The molecule has 0 bridgehead atoms. The number of esters is 4.